The number of likely N-dealkylation sites (tertiary alicyclic amines) is 1. The smallest absolute Gasteiger partial charge is 0.302 e. The minimum Gasteiger partial charge on any atom is -0.466 e. The summed E-state index contributed by atoms with van der Waals surface area (Å²) in [6.07, 6.45) is 10.2. The first kappa shape index (κ1) is 24.8. The van der Waals surface area contributed by atoms with E-state index >= 15 is 0 Å². The molecular formula is C28H45NO4. The van der Waals surface area contributed by atoms with Crippen molar-refractivity contribution in [3.63, 3.8) is 0 Å². The fourth-order valence-electron chi connectivity index (χ4n) is 8.23. The van der Waals surface area contributed by atoms with Gasteiger partial charge in [0.25, 0.3) is 0 Å². The van der Waals surface area contributed by atoms with Crippen molar-refractivity contribution in [3.05, 3.63) is 12.2 Å². The van der Waals surface area contributed by atoms with Crippen LogP contribution >= 0.6 is 0 Å². The van der Waals surface area contributed by atoms with Gasteiger partial charge in [0.05, 0.1) is 6.61 Å². The number of fused-ring (bicyclic) bond motifs is 1. The average Bonchev–Trinajstić information content (AvgIpc) is 3.36. The van der Waals surface area contributed by atoms with E-state index in [1.807, 2.05) is 0 Å². The van der Waals surface area contributed by atoms with Crippen molar-refractivity contribution in [3.8, 4) is 0 Å². The van der Waals surface area contributed by atoms with Crippen LogP contribution in [0.3, 0.4) is 0 Å². The van der Waals surface area contributed by atoms with Gasteiger partial charge < -0.3 is 14.4 Å². The maximum Gasteiger partial charge on any atom is 0.302 e. The Labute approximate surface area is 200 Å². The Balaban J connectivity index is 1.62. The molecule has 4 aliphatic rings. The van der Waals surface area contributed by atoms with Gasteiger partial charge in [0.15, 0.2) is 0 Å². The van der Waals surface area contributed by atoms with Crippen LogP contribution in [-0.4, -0.2) is 49.2 Å². The highest BCUT2D eigenvalue weighted by atomic mass is 16.5. The third-order valence-corrected chi connectivity index (χ3v) is 10.2. The lowest BCUT2D eigenvalue weighted by Crippen LogP contribution is -2.53. The SMILES string of the molecule is C=C1CCC2[C@H](COC(C)=O)C([C@@]3(C)CC[C@H](OC(C)=O)C[C@@H]3CN3CCCC3)CC[C@]12C. The second-order valence-electron chi connectivity index (χ2n) is 12.0. The number of nitrogens with zero attached hydrogens (tertiary/aromatic N) is 1. The van der Waals surface area contributed by atoms with E-state index in [-0.39, 0.29) is 28.9 Å². The van der Waals surface area contributed by atoms with Crippen LogP contribution in [0.4, 0.5) is 0 Å². The fraction of sp³-hybridized carbons (Fsp3) is 0.857. The molecule has 3 saturated carbocycles. The van der Waals surface area contributed by atoms with Crippen LogP contribution in [0.25, 0.3) is 0 Å². The molecule has 1 aliphatic heterocycles. The summed E-state index contributed by atoms with van der Waals surface area (Å²) < 4.78 is 11.5. The molecule has 0 aromatic heterocycles. The summed E-state index contributed by atoms with van der Waals surface area (Å²) in [4.78, 5) is 26.2. The van der Waals surface area contributed by atoms with E-state index < -0.39 is 0 Å². The lowest BCUT2D eigenvalue weighted by atomic mass is 9.49. The van der Waals surface area contributed by atoms with Crippen molar-refractivity contribution in [2.45, 2.75) is 91.6 Å². The van der Waals surface area contributed by atoms with Crippen LogP contribution in [-0.2, 0) is 19.1 Å². The maximum atomic E-state index is 11.8. The zero-order valence-corrected chi connectivity index (χ0v) is 21.4. The van der Waals surface area contributed by atoms with Gasteiger partial charge in [-0.15, -0.1) is 0 Å². The highest BCUT2D eigenvalue weighted by Crippen LogP contribution is 2.63. The number of allylic oxidation sites excluding steroid dienone is 1. The normalized spacial score (nSPS) is 41.6. The third-order valence-electron chi connectivity index (χ3n) is 10.2. The van der Waals surface area contributed by atoms with Gasteiger partial charge >= 0.3 is 11.9 Å². The quantitative estimate of drug-likeness (QED) is 0.394. The third kappa shape index (κ3) is 4.90. The Bertz CT molecular complexity index is 759. The number of rotatable bonds is 6. The largest absolute Gasteiger partial charge is 0.466 e. The van der Waals surface area contributed by atoms with Gasteiger partial charge in [-0.3, -0.25) is 9.59 Å². The average molecular weight is 460 g/mol. The van der Waals surface area contributed by atoms with Gasteiger partial charge in [-0.05, 0) is 99.5 Å². The fourth-order valence-corrected chi connectivity index (χ4v) is 8.23. The highest BCUT2D eigenvalue weighted by molar-refractivity contribution is 5.66. The van der Waals surface area contributed by atoms with Crippen LogP contribution in [0.5, 0.6) is 0 Å². The number of hydrogen-bond donors (Lipinski definition) is 0. The molecule has 33 heavy (non-hydrogen) atoms. The molecule has 1 heterocycles. The minimum atomic E-state index is -0.171. The molecule has 3 aliphatic carbocycles. The predicted molar refractivity (Wildman–Crippen MR) is 129 cm³/mol. The van der Waals surface area contributed by atoms with E-state index in [1.54, 1.807) is 0 Å². The number of hydrogen-bond acceptors (Lipinski definition) is 5. The molecule has 0 spiro atoms. The standard InChI is InChI=1S/C28H45NO4/c1-19-8-9-25-24(18-32-20(2)30)26(11-13-27(19,25)4)28(5)12-10-23(33-21(3)31)16-22(28)17-29-14-6-7-15-29/h22-26H,1,6-18H2,2-5H3/t22-,23+,24+,25?,26?,27-,28+/m1/s1. The second kappa shape index (κ2) is 9.71. The number of esters is 2. The first-order valence-corrected chi connectivity index (χ1v) is 13.3. The first-order chi connectivity index (χ1) is 15.6. The molecule has 5 nitrogen and oxygen atoms in total. The van der Waals surface area contributed by atoms with Gasteiger partial charge in [0, 0.05) is 26.3 Å². The van der Waals surface area contributed by atoms with Crippen molar-refractivity contribution >= 4 is 11.9 Å². The summed E-state index contributed by atoms with van der Waals surface area (Å²) in [6.45, 7) is 16.4. The second-order valence-corrected chi connectivity index (χ2v) is 12.0. The van der Waals surface area contributed by atoms with Crippen LogP contribution < -0.4 is 0 Å². The molecule has 0 amide bonds. The van der Waals surface area contributed by atoms with E-state index in [2.05, 4.69) is 25.3 Å². The molecule has 4 fully saturated rings. The van der Waals surface area contributed by atoms with Gasteiger partial charge in [0.1, 0.15) is 6.10 Å². The lowest BCUT2D eigenvalue weighted by molar-refractivity contribution is -0.157. The summed E-state index contributed by atoms with van der Waals surface area (Å²) in [5, 5.41) is 0. The molecule has 0 N–H and O–H groups in total. The first-order valence-electron chi connectivity index (χ1n) is 13.3. The van der Waals surface area contributed by atoms with Gasteiger partial charge in [-0.1, -0.05) is 26.0 Å². The van der Waals surface area contributed by atoms with Gasteiger partial charge in [-0.25, -0.2) is 0 Å². The zero-order chi connectivity index (χ0) is 23.8. The zero-order valence-electron chi connectivity index (χ0n) is 21.4. The summed E-state index contributed by atoms with van der Waals surface area (Å²) in [5.41, 5.74) is 1.74. The Morgan fingerprint density at radius 2 is 1.76 bits per heavy atom. The summed E-state index contributed by atoms with van der Waals surface area (Å²) >= 11 is 0. The molecule has 0 radical (unpaired) electrons. The highest BCUT2D eigenvalue weighted by Gasteiger charge is 2.57. The molecular weight excluding hydrogens is 414 g/mol. The Hall–Kier alpha value is -1.36. The Morgan fingerprint density at radius 3 is 2.42 bits per heavy atom. The number of carbonyl (C=O) groups excluding carboxylic acids is 2. The molecule has 0 aromatic rings. The summed E-state index contributed by atoms with van der Waals surface area (Å²) in [6, 6.07) is 0. The molecule has 5 heteroatoms. The van der Waals surface area contributed by atoms with Crippen molar-refractivity contribution in [1.82, 2.24) is 4.90 Å². The number of carbonyl (C=O) groups is 2. The predicted octanol–water partition coefficient (Wildman–Crippen LogP) is 5.38. The van der Waals surface area contributed by atoms with Crippen LogP contribution in [0.1, 0.15) is 85.5 Å². The number of ether oxygens (including phenoxy) is 2. The molecule has 0 aromatic carbocycles. The van der Waals surface area contributed by atoms with Crippen molar-refractivity contribution < 1.29 is 19.1 Å². The minimum absolute atomic E-state index is 0.0372. The Kier molecular flexibility index (Phi) is 7.29. The van der Waals surface area contributed by atoms with Crippen LogP contribution in [0, 0.1) is 34.5 Å². The van der Waals surface area contributed by atoms with E-state index in [4.69, 9.17) is 9.47 Å². The van der Waals surface area contributed by atoms with Crippen LogP contribution in [0.2, 0.25) is 0 Å². The van der Waals surface area contributed by atoms with Gasteiger partial charge in [-0.2, -0.15) is 0 Å². The van der Waals surface area contributed by atoms with E-state index in [0.717, 1.165) is 32.2 Å². The molecule has 2 unspecified atom stereocenters. The monoisotopic (exact) mass is 459 g/mol. The van der Waals surface area contributed by atoms with E-state index in [1.165, 1.54) is 64.6 Å². The van der Waals surface area contributed by atoms with Crippen LogP contribution in [0.15, 0.2) is 12.2 Å². The van der Waals surface area contributed by atoms with Crippen molar-refractivity contribution in [2.24, 2.45) is 34.5 Å². The maximum absolute atomic E-state index is 11.8. The molecule has 7 atom stereocenters. The molecule has 1 saturated heterocycles. The van der Waals surface area contributed by atoms with Gasteiger partial charge in [0.2, 0.25) is 0 Å². The van der Waals surface area contributed by atoms with Crippen molar-refractivity contribution in [1.29, 1.82) is 0 Å². The molecule has 186 valence electrons. The van der Waals surface area contributed by atoms with Crippen molar-refractivity contribution in [2.75, 3.05) is 26.2 Å². The van der Waals surface area contributed by atoms with E-state index in [0.29, 0.717) is 30.3 Å². The molecule has 0 bridgehead atoms. The summed E-state index contributed by atoms with van der Waals surface area (Å²) in [7, 11) is 0. The molecule has 4 rings (SSSR count). The lowest BCUT2D eigenvalue weighted by Gasteiger charge is -2.57. The summed E-state index contributed by atoms with van der Waals surface area (Å²) in [5.74, 6) is 1.60. The van der Waals surface area contributed by atoms with E-state index in [9.17, 15) is 9.59 Å². The Morgan fingerprint density at radius 1 is 1.03 bits per heavy atom. The topological polar surface area (TPSA) is 55.8 Å².